The summed E-state index contributed by atoms with van der Waals surface area (Å²) in [6.45, 7) is 0. The molecule has 3 N–H and O–H groups in total. The molecule has 5 heterocycles. The average molecular weight is 576 g/mol. The van der Waals surface area contributed by atoms with Gasteiger partial charge in [-0.2, -0.15) is 4.39 Å². The van der Waals surface area contributed by atoms with Crippen molar-refractivity contribution in [2.24, 2.45) is 5.92 Å². The lowest BCUT2D eigenvalue weighted by atomic mass is 10.1. The number of nitrogens with two attached hydrogens (primary N) is 1. The third-order valence-corrected chi connectivity index (χ3v) is 7.94. The number of nitrogen functional groups attached to an aromatic ring is 1. The Labute approximate surface area is 233 Å². The molecule has 0 spiro atoms. The molecule has 1 aliphatic carbocycles. The fourth-order valence-corrected chi connectivity index (χ4v) is 5.96. The van der Waals surface area contributed by atoms with Gasteiger partial charge < -0.3 is 15.2 Å². The molecule has 14 heteroatoms. The number of halogens is 3. The predicted molar refractivity (Wildman–Crippen MR) is 144 cm³/mol. The molecule has 0 amide bonds. The van der Waals surface area contributed by atoms with Gasteiger partial charge in [-0.15, -0.1) is 5.10 Å². The first-order valence-corrected chi connectivity index (χ1v) is 13.0. The SMILES string of the molecule is Nc1noc2cc(-c3nc(F)c(C4C5CC5c5nc(-c6cc(Cl)ccc6-n6cc(Cl)nn6)cc(=O)n54)[nH]3)ccc12. The smallest absolute Gasteiger partial charge is 0.254 e. The highest BCUT2D eigenvalue weighted by molar-refractivity contribution is 6.31. The van der Waals surface area contributed by atoms with Gasteiger partial charge in [-0.05, 0) is 42.7 Å². The van der Waals surface area contributed by atoms with Gasteiger partial charge in [0.05, 0.1) is 34.7 Å². The lowest BCUT2D eigenvalue weighted by molar-refractivity contribution is 0.460. The molecule has 1 fully saturated rings. The molecule has 0 saturated heterocycles. The number of imidazole rings is 1. The van der Waals surface area contributed by atoms with Crippen LogP contribution in [-0.4, -0.2) is 39.7 Å². The van der Waals surface area contributed by atoms with Crippen LogP contribution in [0.15, 0.2) is 58.0 Å². The van der Waals surface area contributed by atoms with Crippen LogP contribution >= 0.6 is 23.2 Å². The van der Waals surface area contributed by atoms with E-state index in [-0.39, 0.29) is 34.1 Å². The van der Waals surface area contributed by atoms with E-state index < -0.39 is 12.0 Å². The van der Waals surface area contributed by atoms with Gasteiger partial charge in [-0.25, -0.2) is 14.6 Å². The fraction of sp³-hybridized carbons (Fsp3) is 0.154. The number of hydrogen-bond acceptors (Lipinski definition) is 8. The number of aromatic nitrogens is 8. The second-order valence-electron chi connectivity index (χ2n) is 9.87. The van der Waals surface area contributed by atoms with Crippen molar-refractivity contribution in [3.63, 3.8) is 0 Å². The van der Waals surface area contributed by atoms with Crippen LogP contribution in [0.25, 0.3) is 39.3 Å². The van der Waals surface area contributed by atoms with Crippen LogP contribution < -0.4 is 11.3 Å². The normalized spacial score (nSPS) is 19.2. The van der Waals surface area contributed by atoms with E-state index in [2.05, 4.69) is 25.4 Å². The molecule has 4 aromatic heterocycles. The lowest BCUT2D eigenvalue weighted by Crippen LogP contribution is -2.27. The van der Waals surface area contributed by atoms with Crippen LogP contribution in [0, 0.1) is 11.9 Å². The molecule has 2 aromatic carbocycles. The number of rotatable bonds is 4. The van der Waals surface area contributed by atoms with E-state index in [1.807, 2.05) is 0 Å². The van der Waals surface area contributed by atoms with Crippen LogP contribution in [0.1, 0.15) is 29.9 Å². The van der Waals surface area contributed by atoms with Crippen molar-refractivity contribution in [2.45, 2.75) is 18.4 Å². The van der Waals surface area contributed by atoms with Crippen molar-refractivity contribution < 1.29 is 8.91 Å². The summed E-state index contributed by atoms with van der Waals surface area (Å²) in [7, 11) is 0. The summed E-state index contributed by atoms with van der Waals surface area (Å²) in [6, 6.07) is 11.2. The standard InChI is InChI=1S/C26H16Cl2FN9O2/c27-11-2-4-17(37-9-19(28)34-36-37)15(6-11)16-8-20(39)38-22(13-7-14(13)26(38)31-16)21-23(29)33-25(32-21)10-1-3-12-18(5-10)40-35-24(12)30/h1-6,8-9,13-14,22H,7H2,(H2,30,35)(H,32,33). The first kappa shape index (κ1) is 23.3. The first-order valence-electron chi connectivity index (χ1n) is 12.3. The monoisotopic (exact) mass is 575 g/mol. The summed E-state index contributed by atoms with van der Waals surface area (Å²) in [5.41, 5.74) is 8.41. The van der Waals surface area contributed by atoms with Gasteiger partial charge in [-0.3, -0.25) is 9.36 Å². The molecule has 1 aliphatic heterocycles. The van der Waals surface area contributed by atoms with Crippen molar-refractivity contribution in [3.05, 3.63) is 86.7 Å². The molecule has 11 nitrogen and oxygen atoms in total. The molecule has 0 bridgehead atoms. The van der Waals surface area contributed by atoms with Crippen LogP contribution in [-0.2, 0) is 0 Å². The number of hydrogen-bond donors (Lipinski definition) is 2. The summed E-state index contributed by atoms with van der Waals surface area (Å²) in [5.74, 6) is 0.531. The molecular formula is C26H16Cl2FN9O2. The number of fused-ring (bicyclic) bond motifs is 4. The average Bonchev–Trinajstić information content (AvgIpc) is 3.20. The van der Waals surface area contributed by atoms with E-state index in [0.29, 0.717) is 50.1 Å². The van der Waals surface area contributed by atoms with E-state index >= 15 is 4.39 Å². The molecule has 0 radical (unpaired) electrons. The zero-order valence-corrected chi connectivity index (χ0v) is 21.7. The van der Waals surface area contributed by atoms with Crippen LogP contribution in [0.5, 0.6) is 0 Å². The molecule has 2 aliphatic rings. The zero-order chi connectivity index (χ0) is 27.3. The quantitative estimate of drug-likeness (QED) is 0.306. The largest absolute Gasteiger partial charge is 0.380 e. The number of aromatic amines is 1. The van der Waals surface area contributed by atoms with Gasteiger partial charge in [0.2, 0.25) is 5.95 Å². The van der Waals surface area contributed by atoms with Gasteiger partial charge in [0.25, 0.3) is 5.56 Å². The second kappa shape index (κ2) is 8.23. The maximum atomic E-state index is 15.3. The molecule has 40 heavy (non-hydrogen) atoms. The summed E-state index contributed by atoms with van der Waals surface area (Å²) in [4.78, 5) is 25.7. The highest BCUT2D eigenvalue weighted by atomic mass is 35.5. The Kier molecular flexibility index (Phi) is 4.80. The Morgan fingerprint density at radius 3 is 2.83 bits per heavy atom. The first-order chi connectivity index (χ1) is 19.4. The molecule has 3 unspecified atom stereocenters. The molecule has 8 rings (SSSR count). The zero-order valence-electron chi connectivity index (χ0n) is 20.2. The van der Waals surface area contributed by atoms with E-state index in [1.165, 1.54) is 10.7 Å². The van der Waals surface area contributed by atoms with Crippen molar-refractivity contribution >= 4 is 40.0 Å². The fourth-order valence-electron chi connectivity index (χ4n) is 5.66. The maximum Gasteiger partial charge on any atom is 0.254 e. The topological polar surface area (TPSA) is 146 Å². The highest BCUT2D eigenvalue weighted by Crippen LogP contribution is 2.60. The van der Waals surface area contributed by atoms with Crippen molar-refractivity contribution in [1.29, 1.82) is 0 Å². The van der Waals surface area contributed by atoms with E-state index in [9.17, 15) is 4.79 Å². The van der Waals surface area contributed by atoms with Crippen molar-refractivity contribution in [2.75, 3.05) is 5.73 Å². The third kappa shape index (κ3) is 3.42. The molecule has 1 saturated carbocycles. The number of benzene rings is 2. The molecule has 3 atom stereocenters. The Balaban J connectivity index is 1.21. The van der Waals surface area contributed by atoms with E-state index in [0.717, 1.165) is 6.42 Å². The number of nitrogens with one attached hydrogen (secondary N) is 1. The van der Waals surface area contributed by atoms with Crippen LogP contribution in [0.3, 0.4) is 0 Å². The van der Waals surface area contributed by atoms with Gasteiger partial charge in [-0.1, -0.05) is 39.6 Å². The van der Waals surface area contributed by atoms with Crippen LogP contribution in [0.2, 0.25) is 10.2 Å². The Morgan fingerprint density at radius 1 is 1.12 bits per heavy atom. The summed E-state index contributed by atoms with van der Waals surface area (Å²) in [6.07, 6.45) is 2.33. The third-order valence-electron chi connectivity index (χ3n) is 7.54. The van der Waals surface area contributed by atoms with Gasteiger partial charge >= 0.3 is 0 Å². The van der Waals surface area contributed by atoms with Gasteiger partial charge in [0, 0.05) is 28.1 Å². The second-order valence-corrected chi connectivity index (χ2v) is 10.7. The Bertz CT molecular complexity index is 2060. The number of H-pyrrole nitrogens is 1. The van der Waals surface area contributed by atoms with Gasteiger partial charge in [0.1, 0.15) is 11.6 Å². The van der Waals surface area contributed by atoms with Crippen molar-refractivity contribution in [1.82, 2.24) is 39.7 Å². The minimum atomic E-state index is -0.674. The lowest BCUT2D eigenvalue weighted by Gasteiger charge is -2.17. The molecule has 198 valence electrons. The number of anilines is 1. The van der Waals surface area contributed by atoms with Crippen molar-refractivity contribution in [3.8, 4) is 28.3 Å². The maximum absolute atomic E-state index is 15.3. The Morgan fingerprint density at radius 2 is 2.00 bits per heavy atom. The highest BCUT2D eigenvalue weighted by Gasteiger charge is 2.56. The minimum absolute atomic E-state index is 0.0146. The summed E-state index contributed by atoms with van der Waals surface area (Å²) < 4.78 is 23.6. The predicted octanol–water partition coefficient (Wildman–Crippen LogP) is 4.76. The van der Waals surface area contributed by atoms with Gasteiger partial charge in [0.15, 0.2) is 16.6 Å². The Hall–Kier alpha value is -4.55. The summed E-state index contributed by atoms with van der Waals surface area (Å²) >= 11 is 12.3. The van der Waals surface area contributed by atoms with E-state index in [1.54, 1.807) is 47.2 Å². The molecular weight excluding hydrogens is 560 g/mol. The number of nitrogens with zero attached hydrogens (tertiary/aromatic N) is 7. The minimum Gasteiger partial charge on any atom is -0.380 e. The van der Waals surface area contributed by atoms with E-state index in [4.69, 9.17) is 38.4 Å². The summed E-state index contributed by atoms with van der Waals surface area (Å²) in [5, 5.41) is 13.0. The molecule has 6 aromatic rings. The van der Waals surface area contributed by atoms with Crippen LogP contribution in [0.4, 0.5) is 10.2 Å².